The van der Waals surface area contributed by atoms with E-state index in [4.69, 9.17) is 9.47 Å². The lowest BCUT2D eigenvalue weighted by molar-refractivity contribution is -0.286. The van der Waals surface area contributed by atoms with Gasteiger partial charge in [-0.2, -0.15) is 0 Å². The normalized spacial score (nSPS) is 19.5. The summed E-state index contributed by atoms with van der Waals surface area (Å²) in [6.07, 6.45) is -2.19. The van der Waals surface area contributed by atoms with Gasteiger partial charge in [-0.1, -0.05) is 25.2 Å². The molecule has 188 valence electrons. The number of anilines is 1. The number of rotatable bonds is 5. The van der Waals surface area contributed by atoms with Gasteiger partial charge < -0.3 is 24.3 Å². The molecule has 35 heavy (non-hydrogen) atoms. The zero-order valence-electron chi connectivity index (χ0n) is 19.7. The molecule has 0 aliphatic carbocycles. The van der Waals surface area contributed by atoms with Gasteiger partial charge in [0, 0.05) is 43.0 Å². The lowest BCUT2D eigenvalue weighted by Gasteiger charge is -2.36. The van der Waals surface area contributed by atoms with E-state index in [9.17, 15) is 13.6 Å². The number of hydrogen-bond donors (Lipinski definition) is 1. The molecule has 0 saturated carbocycles. The van der Waals surface area contributed by atoms with E-state index in [2.05, 4.69) is 24.8 Å². The van der Waals surface area contributed by atoms with Crippen LogP contribution in [0.2, 0.25) is 0 Å². The van der Waals surface area contributed by atoms with E-state index in [1.165, 1.54) is 23.5 Å². The van der Waals surface area contributed by atoms with Gasteiger partial charge in [0.05, 0.1) is 36.1 Å². The molecule has 0 bridgehead atoms. The van der Waals surface area contributed by atoms with E-state index in [-0.39, 0.29) is 23.5 Å². The Morgan fingerprint density at radius 2 is 2.03 bits per heavy atom. The van der Waals surface area contributed by atoms with Crippen molar-refractivity contribution < 1.29 is 32.5 Å². The van der Waals surface area contributed by atoms with Gasteiger partial charge in [-0.25, -0.2) is 9.97 Å². The fraction of sp³-hybridized carbons (Fsp3) is 0.435. The number of amides is 1. The average molecular weight is 509 g/mol. The van der Waals surface area contributed by atoms with Crippen molar-refractivity contribution in [1.29, 1.82) is 0 Å². The topological polar surface area (TPSA) is 95.0 Å². The smallest absolute Gasteiger partial charge is 0.481 e. The Balaban J connectivity index is 0.00000141. The molecule has 0 radical (unpaired) electrons. The number of nitrogens with one attached hydrogen (secondary N) is 1. The maximum Gasteiger partial charge on any atom is 0.586 e. The van der Waals surface area contributed by atoms with Crippen molar-refractivity contribution >= 4 is 32.6 Å². The monoisotopic (exact) mass is 508 g/mol. The van der Waals surface area contributed by atoms with Crippen LogP contribution in [0.3, 0.4) is 0 Å². The molecule has 1 aromatic carbocycles. The van der Waals surface area contributed by atoms with Crippen LogP contribution in [0.15, 0.2) is 30.5 Å². The van der Waals surface area contributed by atoms with Crippen LogP contribution >= 0.6 is 11.3 Å². The van der Waals surface area contributed by atoms with Crippen LogP contribution < -0.4 is 19.5 Å². The van der Waals surface area contributed by atoms with Crippen LogP contribution in [0.1, 0.15) is 32.4 Å². The molecule has 3 aromatic rings. The highest BCUT2D eigenvalue weighted by molar-refractivity contribution is 7.22. The predicted molar refractivity (Wildman–Crippen MR) is 126 cm³/mol. The number of hydrogen-bond acceptors (Lipinski definition) is 9. The van der Waals surface area contributed by atoms with Crippen LogP contribution in [0.4, 0.5) is 13.9 Å². The molecule has 1 saturated heterocycles. The number of alkyl halides is 2. The SMILES string of the molecule is CC.COc1ccc(C2CN(C(C)C(=O)Nc3nc4cc5c(cc4s3)OC(F)(F)O5)CCO2)cn1. The minimum Gasteiger partial charge on any atom is -0.481 e. The molecular weight excluding hydrogens is 482 g/mol. The second kappa shape index (κ2) is 10.3. The molecule has 4 heterocycles. The third-order valence-electron chi connectivity index (χ3n) is 5.51. The van der Waals surface area contributed by atoms with Crippen LogP contribution in [0.25, 0.3) is 10.2 Å². The van der Waals surface area contributed by atoms with Crippen molar-refractivity contribution in [1.82, 2.24) is 14.9 Å². The first kappa shape index (κ1) is 25.0. The van der Waals surface area contributed by atoms with Crippen LogP contribution in [-0.2, 0) is 9.53 Å². The minimum absolute atomic E-state index is 0.0604. The van der Waals surface area contributed by atoms with E-state index >= 15 is 0 Å². The Labute approximate surface area is 205 Å². The maximum atomic E-state index is 13.2. The lowest BCUT2D eigenvalue weighted by Crippen LogP contribution is -2.48. The summed E-state index contributed by atoms with van der Waals surface area (Å²) < 4.78 is 47.0. The number of nitrogens with zero attached hydrogens (tertiary/aromatic N) is 3. The quantitative estimate of drug-likeness (QED) is 0.540. The zero-order chi connectivity index (χ0) is 25.2. The summed E-state index contributed by atoms with van der Waals surface area (Å²) in [6.45, 7) is 7.42. The van der Waals surface area contributed by atoms with E-state index in [0.29, 0.717) is 40.9 Å². The molecule has 9 nitrogen and oxygen atoms in total. The lowest BCUT2D eigenvalue weighted by atomic mass is 10.1. The summed E-state index contributed by atoms with van der Waals surface area (Å²) in [6, 6.07) is 6.03. The summed E-state index contributed by atoms with van der Waals surface area (Å²) in [4.78, 5) is 23.5. The highest BCUT2D eigenvalue weighted by Crippen LogP contribution is 2.44. The predicted octanol–water partition coefficient (Wildman–Crippen LogP) is 4.45. The molecule has 2 unspecified atom stereocenters. The van der Waals surface area contributed by atoms with Gasteiger partial charge in [-0.05, 0) is 13.0 Å². The maximum absolute atomic E-state index is 13.2. The molecule has 1 N–H and O–H groups in total. The highest BCUT2D eigenvalue weighted by Gasteiger charge is 2.43. The number of carbonyl (C=O) groups excluding carboxylic acids is 1. The summed E-state index contributed by atoms with van der Waals surface area (Å²) in [7, 11) is 1.55. The molecule has 2 atom stereocenters. The Hall–Kier alpha value is -3.09. The number of aromatic nitrogens is 2. The molecular formula is C23H26F2N4O5S. The van der Waals surface area contributed by atoms with Crippen molar-refractivity contribution in [2.75, 3.05) is 32.1 Å². The molecule has 2 aromatic heterocycles. The Morgan fingerprint density at radius 3 is 2.71 bits per heavy atom. The van der Waals surface area contributed by atoms with Crippen molar-refractivity contribution in [3.63, 3.8) is 0 Å². The number of morpholine rings is 1. The standard InChI is InChI=1S/C21H20F2N4O5S.C2H6/c1-11(27-5-6-30-16(10-27)12-3-4-18(29-2)24-9-12)19(28)26-20-25-13-7-14-15(8-17(13)33-20)32-21(22,23)31-14;1-2/h3-4,7-9,11,16H,5-6,10H2,1-2H3,(H,25,26,28);1-2H3. The molecule has 5 rings (SSSR count). The first-order chi connectivity index (χ1) is 16.8. The van der Waals surface area contributed by atoms with Gasteiger partial charge in [0.15, 0.2) is 16.6 Å². The Morgan fingerprint density at radius 1 is 1.29 bits per heavy atom. The van der Waals surface area contributed by atoms with Gasteiger partial charge in [0.1, 0.15) is 0 Å². The van der Waals surface area contributed by atoms with Crippen LogP contribution in [-0.4, -0.2) is 59.9 Å². The van der Waals surface area contributed by atoms with E-state index in [1.54, 1.807) is 19.4 Å². The number of fused-ring (bicyclic) bond motifs is 2. The number of methoxy groups -OCH3 is 1. The zero-order valence-corrected chi connectivity index (χ0v) is 20.5. The number of halogens is 2. The molecule has 0 spiro atoms. The Bertz CT molecular complexity index is 1150. The number of pyridine rings is 1. The second-order valence-corrected chi connectivity index (χ2v) is 8.64. The third kappa shape index (κ3) is 5.44. The van der Waals surface area contributed by atoms with Gasteiger partial charge in [-0.15, -0.1) is 8.78 Å². The van der Waals surface area contributed by atoms with Gasteiger partial charge in [0.2, 0.25) is 11.8 Å². The fourth-order valence-electron chi connectivity index (χ4n) is 3.73. The number of benzene rings is 1. The largest absolute Gasteiger partial charge is 0.586 e. The first-order valence-corrected chi connectivity index (χ1v) is 12.0. The van der Waals surface area contributed by atoms with E-state index in [0.717, 1.165) is 5.56 Å². The second-order valence-electron chi connectivity index (χ2n) is 7.61. The van der Waals surface area contributed by atoms with Crippen molar-refractivity contribution in [3.8, 4) is 17.4 Å². The molecule has 2 aliphatic rings. The molecule has 2 aliphatic heterocycles. The van der Waals surface area contributed by atoms with E-state index < -0.39 is 12.3 Å². The van der Waals surface area contributed by atoms with Crippen LogP contribution in [0.5, 0.6) is 17.4 Å². The van der Waals surface area contributed by atoms with Gasteiger partial charge >= 0.3 is 6.29 Å². The molecule has 12 heteroatoms. The molecule has 1 amide bonds. The summed E-state index contributed by atoms with van der Waals surface area (Å²) in [5.74, 6) is 0.146. The summed E-state index contributed by atoms with van der Waals surface area (Å²) in [5.41, 5.74) is 1.34. The van der Waals surface area contributed by atoms with Crippen LogP contribution in [0, 0.1) is 0 Å². The summed E-state index contributed by atoms with van der Waals surface area (Å²) in [5, 5.41) is 3.18. The number of carbonyl (C=O) groups is 1. The first-order valence-electron chi connectivity index (χ1n) is 11.2. The van der Waals surface area contributed by atoms with Crippen molar-refractivity contribution in [2.45, 2.75) is 39.2 Å². The number of thiazole rings is 1. The number of ether oxygens (including phenoxy) is 4. The van der Waals surface area contributed by atoms with Crippen molar-refractivity contribution in [2.24, 2.45) is 0 Å². The van der Waals surface area contributed by atoms with E-state index in [1.807, 2.05) is 31.7 Å². The minimum atomic E-state index is -3.68. The average Bonchev–Trinajstić information content (AvgIpc) is 3.39. The Kier molecular flexibility index (Phi) is 7.33. The third-order valence-corrected chi connectivity index (χ3v) is 6.44. The van der Waals surface area contributed by atoms with Crippen molar-refractivity contribution in [3.05, 3.63) is 36.0 Å². The highest BCUT2D eigenvalue weighted by atomic mass is 32.1. The molecule has 1 fully saturated rings. The van der Waals surface area contributed by atoms with Gasteiger partial charge in [0.25, 0.3) is 0 Å². The fourth-order valence-corrected chi connectivity index (χ4v) is 4.61. The van der Waals surface area contributed by atoms with Gasteiger partial charge in [-0.3, -0.25) is 9.69 Å². The summed E-state index contributed by atoms with van der Waals surface area (Å²) >= 11 is 1.17.